The zero-order chi connectivity index (χ0) is 13.9. The molecule has 1 aromatic rings. The van der Waals surface area contributed by atoms with Gasteiger partial charge in [-0.15, -0.1) is 0 Å². The van der Waals surface area contributed by atoms with Gasteiger partial charge in [-0.05, 0) is 46.1 Å². The Hall–Kier alpha value is -1.26. The third-order valence-electron chi connectivity index (χ3n) is 3.13. The number of amides is 1. The summed E-state index contributed by atoms with van der Waals surface area (Å²) in [6, 6.07) is 4.88. The molecule has 0 aromatic heterocycles. The number of nitrogens with two attached hydrogens (primary N) is 1. The Balaban J connectivity index is 2.72. The van der Waals surface area contributed by atoms with Crippen molar-refractivity contribution in [3.05, 3.63) is 28.8 Å². The maximum atomic E-state index is 12.0. The van der Waals surface area contributed by atoms with Crippen LogP contribution in [0.2, 0.25) is 5.02 Å². The lowest BCUT2D eigenvalue weighted by atomic mass is 10.0. The van der Waals surface area contributed by atoms with Crippen molar-refractivity contribution in [2.24, 2.45) is 0 Å². The fourth-order valence-electron chi connectivity index (χ4n) is 1.27. The van der Waals surface area contributed by atoms with Crippen LogP contribution >= 0.6 is 11.6 Å². The summed E-state index contributed by atoms with van der Waals surface area (Å²) in [5, 5.41) is 3.25. The Labute approximate surface area is 113 Å². The van der Waals surface area contributed by atoms with E-state index >= 15 is 0 Å². The molecule has 0 saturated carbocycles. The van der Waals surface area contributed by atoms with Gasteiger partial charge in [-0.3, -0.25) is 4.79 Å². The number of halogens is 1. The lowest BCUT2D eigenvalue weighted by Gasteiger charge is -2.32. The van der Waals surface area contributed by atoms with Crippen molar-refractivity contribution in [3.63, 3.8) is 0 Å². The van der Waals surface area contributed by atoms with Crippen LogP contribution in [0.1, 0.15) is 24.2 Å². The van der Waals surface area contributed by atoms with Crippen LogP contribution in [-0.4, -0.2) is 37.0 Å². The number of hydrogen-bond acceptors (Lipinski definition) is 3. The highest BCUT2D eigenvalue weighted by Crippen LogP contribution is 2.19. The van der Waals surface area contributed by atoms with E-state index < -0.39 is 0 Å². The summed E-state index contributed by atoms with van der Waals surface area (Å²) in [6.07, 6.45) is 0. The second-order valence-electron chi connectivity index (χ2n) is 5.13. The van der Waals surface area contributed by atoms with Gasteiger partial charge in [0.2, 0.25) is 0 Å². The van der Waals surface area contributed by atoms with Gasteiger partial charge in [0, 0.05) is 17.8 Å². The first-order valence-electron chi connectivity index (χ1n) is 5.74. The van der Waals surface area contributed by atoms with E-state index in [-0.39, 0.29) is 11.4 Å². The Morgan fingerprint density at radius 3 is 2.56 bits per heavy atom. The molecule has 0 bridgehead atoms. The lowest BCUT2D eigenvalue weighted by molar-refractivity contribution is 0.0920. The first-order valence-corrected chi connectivity index (χ1v) is 6.12. The fourth-order valence-corrected chi connectivity index (χ4v) is 1.54. The Morgan fingerprint density at radius 2 is 2.06 bits per heavy atom. The minimum Gasteiger partial charge on any atom is -0.399 e. The number of likely N-dealkylation sites (N-methyl/N-ethyl adjacent to an activating group) is 1. The van der Waals surface area contributed by atoms with E-state index in [0.29, 0.717) is 22.8 Å². The number of carbonyl (C=O) groups is 1. The predicted molar refractivity (Wildman–Crippen MR) is 76.0 cm³/mol. The van der Waals surface area contributed by atoms with Gasteiger partial charge in [-0.1, -0.05) is 11.6 Å². The molecule has 0 atom stereocenters. The zero-order valence-corrected chi connectivity index (χ0v) is 12.0. The van der Waals surface area contributed by atoms with Crippen LogP contribution in [-0.2, 0) is 0 Å². The van der Waals surface area contributed by atoms with Crippen molar-refractivity contribution in [2.75, 3.05) is 26.4 Å². The standard InChI is InChI=1S/C13H20ClN3O/c1-13(2,17(3)4)8-16-12(18)10-6-5-9(15)7-11(10)14/h5-7H,8,15H2,1-4H3,(H,16,18). The molecule has 1 rings (SSSR count). The monoisotopic (exact) mass is 269 g/mol. The van der Waals surface area contributed by atoms with Gasteiger partial charge in [0.25, 0.3) is 5.91 Å². The summed E-state index contributed by atoms with van der Waals surface area (Å²) >= 11 is 5.99. The van der Waals surface area contributed by atoms with Gasteiger partial charge in [-0.2, -0.15) is 0 Å². The molecule has 0 saturated heterocycles. The molecule has 3 N–H and O–H groups in total. The highest BCUT2D eigenvalue weighted by Gasteiger charge is 2.21. The van der Waals surface area contributed by atoms with Crippen LogP contribution in [0.25, 0.3) is 0 Å². The van der Waals surface area contributed by atoms with E-state index in [1.54, 1.807) is 18.2 Å². The average molecular weight is 270 g/mol. The van der Waals surface area contributed by atoms with Crippen LogP contribution in [0.3, 0.4) is 0 Å². The molecule has 0 spiro atoms. The van der Waals surface area contributed by atoms with Gasteiger partial charge in [-0.25, -0.2) is 0 Å². The molecule has 0 aliphatic carbocycles. The highest BCUT2D eigenvalue weighted by atomic mass is 35.5. The summed E-state index contributed by atoms with van der Waals surface area (Å²) in [4.78, 5) is 14.0. The summed E-state index contributed by atoms with van der Waals surface area (Å²) in [5.74, 6) is -0.185. The molecule has 4 nitrogen and oxygen atoms in total. The zero-order valence-electron chi connectivity index (χ0n) is 11.2. The Kier molecular flexibility index (Phi) is 4.59. The van der Waals surface area contributed by atoms with Gasteiger partial charge < -0.3 is 16.0 Å². The van der Waals surface area contributed by atoms with Crippen molar-refractivity contribution < 1.29 is 4.79 Å². The predicted octanol–water partition coefficient (Wildman–Crippen LogP) is 1.99. The summed E-state index contributed by atoms with van der Waals surface area (Å²) in [7, 11) is 3.95. The van der Waals surface area contributed by atoms with Crippen LogP contribution in [0, 0.1) is 0 Å². The molecule has 5 heteroatoms. The number of carbonyl (C=O) groups excluding carboxylic acids is 1. The first kappa shape index (κ1) is 14.8. The van der Waals surface area contributed by atoms with Crippen LogP contribution in [0.4, 0.5) is 5.69 Å². The number of benzene rings is 1. The number of hydrogen-bond donors (Lipinski definition) is 2. The molecule has 0 unspecified atom stereocenters. The summed E-state index contributed by atoms with van der Waals surface area (Å²) in [6.45, 7) is 4.65. The smallest absolute Gasteiger partial charge is 0.252 e. The second-order valence-corrected chi connectivity index (χ2v) is 5.54. The van der Waals surface area contributed by atoms with E-state index in [9.17, 15) is 4.79 Å². The quantitative estimate of drug-likeness (QED) is 0.822. The van der Waals surface area contributed by atoms with E-state index in [1.165, 1.54) is 0 Å². The number of nitrogens with zero attached hydrogens (tertiary/aromatic N) is 1. The van der Waals surface area contributed by atoms with Crippen molar-refractivity contribution in [1.82, 2.24) is 10.2 Å². The van der Waals surface area contributed by atoms with Gasteiger partial charge in [0.15, 0.2) is 0 Å². The van der Waals surface area contributed by atoms with Crippen LogP contribution < -0.4 is 11.1 Å². The van der Waals surface area contributed by atoms with Gasteiger partial charge >= 0.3 is 0 Å². The average Bonchev–Trinajstić information content (AvgIpc) is 2.25. The molecular formula is C13H20ClN3O. The minimum atomic E-state index is -0.185. The molecule has 0 aliphatic rings. The summed E-state index contributed by atoms with van der Waals surface area (Å²) in [5.41, 5.74) is 6.46. The molecule has 1 amide bonds. The fraction of sp³-hybridized carbons (Fsp3) is 0.462. The van der Waals surface area contributed by atoms with Crippen LogP contribution in [0.15, 0.2) is 18.2 Å². The number of nitrogens with one attached hydrogen (secondary N) is 1. The van der Waals surface area contributed by atoms with E-state index in [2.05, 4.69) is 24.1 Å². The maximum Gasteiger partial charge on any atom is 0.252 e. The molecule has 0 radical (unpaired) electrons. The minimum absolute atomic E-state index is 0.115. The first-order chi connectivity index (χ1) is 8.24. The largest absolute Gasteiger partial charge is 0.399 e. The molecular weight excluding hydrogens is 250 g/mol. The topological polar surface area (TPSA) is 58.4 Å². The van der Waals surface area contributed by atoms with Crippen molar-refractivity contribution in [3.8, 4) is 0 Å². The number of nitrogen functional groups attached to an aromatic ring is 1. The molecule has 18 heavy (non-hydrogen) atoms. The van der Waals surface area contributed by atoms with Crippen molar-refractivity contribution in [2.45, 2.75) is 19.4 Å². The van der Waals surface area contributed by atoms with Crippen molar-refractivity contribution in [1.29, 1.82) is 0 Å². The van der Waals surface area contributed by atoms with Crippen LogP contribution in [0.5, 0.6) is 0 Å². The third-order valence-corrected chi connectivity index (χ3v) is 3.44. The number of anilines is 1. The Bertz CT molecular complexity index is 444. The molecule has 1 aromatic carbocycles. The molecule has 0 fully saturated rings. The van der Waals surface area contributed by atoms with E-state index in [0.717, 1.165) is 0 Å². The number of rotatable bonds is 4. The second kappa shape index (κ2) is 5.59. The molecule has 0 aliphatic heterocycles. The molecule has 100 valence electrons. The normalized spacial score (nSPS) is 11.7. The Morgan fingerprint density at radius 1 is 1.44 bits per heavy atom. The summed E-state index contributed by atoms with van der Waals surface area (Å²) < 4.78 is 0. The SMILES string of the molecule is CN(C)C(C)(C)CNC(=O)c1ccc(N)cc1Cl. The van der Waals surface area contributed by atoms with Gasteiger partial charge in [0.05, 0.1) is 10.6 Å². The lowest BCUT2D eigenvalue weighted by Crippen LogP contribution is -2.48. The molecule has 0 heterocycles. The van der Waals surface area contributed by atoms with Crippen molar-refractivity contribution >= 4 is 23.2 Å². The maximum absolute atomic E-state index is 12.0. The highest BCUT2D eigenvalue weighted by molar-refractivity contribution is 6.34. The van der Waals surface area contributed by atoms with E-state index in [4.69, 9.17) is 17.3 Å². The third kappa shape index (κ3) is 3.62. The van der Waals surface area contributed by atoms with E-state index in [1.807, 2.05) is 14.1 Å². The van der Waals surface area contributed by atoms with Gasteiger partial charge in [0.1, 0.15) is 0 Å².